The van der Waals surface area contributed by atoms with Crippen molar-refractivity contribution in [1.29, 1.82) is 0 Å². The van der Waals surface area contributed by atoms with Crippen LogP contribution in [0, 0.1) is 0 Å². The molecule has 1 aliphatic heterocycles. The van der Waals surface area contributed by atoms with E-state index in [9.17, 15) is 4.79 Å². The number of nitrogens with zero attached hydrogens (tertiary/aromatic N) is 2. The Hall–Kier alpha value is -2.14. The normalized spacial score (nSPS) is 16.1. The maximum Gasteiger partial charge on any atom is 0.246 e. The minimum Gasteiger partial charge on any atom is -0.333 e. The Morgan fingerprint density at radius 2 is 2.04 bits per heavy atom. The van der Waals surface area contributed by atoms with Crippen LogP contribution in [0.4, 0.5) is 0 Å². The Morgan fingerprint density at radius 3 is 2.81 bits per heavy atom. The summed E-state index contributed by atoms with van der Waals surface area (Å²) in [5, 5.41) is 0.591. The molecule has 0 radical (unpaired) electrons. The number of hydrogen-bond donors (Lipinski definition) is 0. The Labute approximate surface area is 171 Å². The summed E-state index contributed by atoms with van der Waals surface area (Å²) in [5.74, 6) is -0.0475. The van der Waals surface area contributed by atoms with E-state index in [4.69, 9.17) is 23.2 Å². The van der Waals surface area contributed by atoms with Gasteiger partial charge in [-0.05, 0) is 34.9 Å². The van der Waals surface area contributed by atoms with E-state index in [1.165, 1.54) is 23.0 Å². The van der Waals surface area contributed by atoms with Crippen LogP contribution < -0.4 is 0 Å². The van der Waals surface area contributed by atoms with Gasteiger partial charge in [0.15, 0.2) is 0 Å². The molecule has 3 nitrogen and oxygen atoms in total. The number of amides is 1. The Kier molecular flexibility index (Phi) is 5.04. The molecule has 0 bridgehead atoms. The highest BCUT2D eigenvalue weighted by molar-refractivity contribution is 7.16. The van der Waals surface area contributed by atoms with Crippen molar-refractivity contribution in [2.75, 3.05) is 6.54 Å². The third-order valence-electron chi connectivity index (χ3n) is 4.76. The molecule has 0 saturated heterocycles. The first-order chi connectivity index (χ1) is 13.1. The first kappa shape index (κ1) is 18.2. The van der Waals surface area contributed by atoms with Crippen LogP contribution in [0.5, 0.6) is 0 Å². The SMILES string of the molecule is C=CC(=O)N1Cc2sc(Cl)cc2[C@@H](c2ccccc2-c2cncc(Cl)c2)C1. The molecule has 0 saturated carbocycles. The van der Waals surface area contributed by atoms with Gasteiger partial charge in [0.25, 0.3) is 0 Å². The van der Waals surface area contributed by atoms with Crippen LogP contribution in [0.1, 0.15) is 21.9 Å². The lowest BCUT2D eigenvalue weighted by atomic mass is 9.84. The number of benzene rings is 1. The van der Waals surface area contributed by atoms with E-state index in [0.29, 0.717) is 18.1 Å². The second-order valence-corrected chi connectivity index (χ2v) is 8.59. The molecule has 4 rings (SSSR count). The van der Waals surface area contributed by atoms with Gasteiger partial charge in [-0.25, -0.2) is 0 Å². The molecule has 3 aromatic rings. The van der Waals surface area contributed by atoms with E-state index in [-0.39, 0.29) is 11.8 Å². The molecule has 2 aromatic heterocycles. The molecule has 1 amide bonds. The van der Waals surface area contributed by atoms with Crippen molar-refractivity contribution in [3.8, 4) is 11.1 Å². The van der Waals surface area contributed by atoms with Crippen molar-refractivity contribution >= 4 is 40.4 Å². The summed E-state index contributed by atoms with van der Waals surface area (Å²) in [4.78, 5) is 19.5. The van der Waals surface area contributed by atoms with Gasteiger partial charge in [0.1, 0.15) is 0 Å². The fourth-order valence-electron chi connectivity index (χ4n) is 3.57. The lowest BCUT2D eigenvalue weighted by molar-refractivity contribution is -0.127. The van der Waals surface area contributed by atoms with Crippen LogP contribution in [0.2, 0.25) is 9.36 Å². The van der Waals surface area contributed by atoms with Gasteiger partial charge in [0.05, 0.1) is 15.9 Å². The second kappa shape index (κ2) is 7.47. The number of carbonyl (C=O) groups is 1. The summed E-state index contributed by atoms with van der Waals surface area (Å²) in [5.41, 5.74) is 4.31. The molecule has 1 atom stereocenters. The first-order valence-electron chi connectivity index (χ1n) is 8.46. The number of fused-ring (bicyclic) bond motifs is 1. The molecule has 1 aliphatic rings. The second-order valence-electron chi connectivity index (χ2n) is 6.38. The van der Waals surface area contributed by atoms with Crippen molar-refractivity contribution in [3.05, 3.63) is 86.8 Å². The third kappa shape index (κ3) is 3.53. The smallest absolute Gasteiger partial charge is 0.246 e. The topological polar surface area (TPSA) is 33.2 Å². The van der Waals surface area contributed by atoms with Gasteiger partial charge in [0, 0.05) is 35.3 Å². The number of halogens is 2. The first-order valence-corrected chi connectivity index (χ1v) is 10.0. The summed E-state index contributed by atoms with van der Waals surface area (Å²) in [7, 11) is 0. The lowest BCUT2D eigenvalue weighted by Crippen LogP contribution is -2.37. The highest BCUT2D eigenvalue weighted by Gasteiger charge is 2.31. The molecule has 136 valence electrons. The van der Waals surface area contributed by atoms with Crippen molar-refractivity contribution in [2.45, 2.75) is 12.5 Å². The predicted octanol–water partition coefficient (Wildman–Crippen LogP) is 5.78. The monoisotopic (exact) mass is 414 g/mol. The molecule has 0 fully saturated rings. The van der Waals surface area contributed by atoms with Gasteiger partial charge >= 0.3 is 0 Å². The number of pyridine rings is 1. The summed E-state index contributed by atoms with van der Waals surface area (Å²) in [6.45, 7) is 4.78. The zero-order valence-corrected chi connectivity index (χ0v) is 16.7. The van der Waals surface area contributed by atoms with Gasteiger partial charge in [-0.2, -0.15) is 0 Å². The van der Waals surface area contributed by atoms with E-state index in [0.717, 1.165) is 25.9 Å². The summed E-state index contributed by atoms with van der Waals surface area (Å²) in [6.07, 6.45) is 4.79. The van der Waals surface area contributed by atoms with Crippen molar-refractivity contribution in [3.63, 3.8) is 0 Å². The third-order valence-corrected chi connectivity index (χ3v) is 6.23. The molecule has 27 heavy (non-hydrogen) atoms. The minimum absolute atomic E-state index is 0.0246. The lowest BCUT2D eigenvalue weighted by Gasteiger charge is -2.33. The maximum atomic E-state index is 12.3. The van der Waals surface area contributed by atoms with Gasteiger partial charge in [-0.15, -0.1) is 11.3 Å². The molecular weight excluding hydrogens is 399 g/mol. The molecule has 0 spiro atoms. The Morgan fingerprint density at radius 1 is 1.22 bits per heavy atom. The van der Waals surface area contributed by atoms with Gasteiger partial charge in [0.2, 0.25) is 5.91 Å². The van der Waals surface area contributed by atoms with Crippen LogP contribution >= 0.6 is 34.5 Å². The Bertz CT molecular complexity index is 1030. The van der Waals surface area contributed by atoms with Crippen LogP contribution in [0.15, 0.2) is 61.4 Å². The number of rotatable bonds is 3. The highest BCUT2D eigenvalue weighted by atomic mass is 35.5. The number of carbonyl (C=O) groups excluding carboxylic acids is 1. The van der Waals surface area contributed by atoms with Crippen molar-refractivity contribution < 1.29 is 4.79 Å². The fourth-order valence-corrected chi connectivity index (χ4v) is 5.10. The average Bonchev–Trinajstić information content (AvgIpc) is 3.06. The van der Waals surface area contributed by atoms with E-state index in [1.54, 1.807) is 6.20 Å². The summed E-state index contributed by atoms with van der Waals surface area (Å²) in [6, 6.07) is 12.1. The average molecular weight is 415 g/mol. The van der Waals surface area contributed by atoms with Crippen LogP contribution in [-0.4, -0.2) is 22.3 Å². The summed E-state index contributed by atoms with van der Waals surface area (Å²) < 4.78 is 0.736. The standard InChI is InChI=1S/C21H16Cl2N2OS/c1-2-21(26)25-11-18(17-8-20(23)27-19(17)12-25)16-6-4-3-5-15(16)13-7-14(22)10-24-9-13/h2-10,18H,1,11-12H2/t18-/m1/s1. The van der Waals surface area contributed by atoms with E-state index >= 15 is 0 Å². The number of aromatic nitrogens is 1. The minimum atomic E-state index is -0.0722. The largest absolute Gasteiger partial charge is 0.333 e. The van der Waals surface area contributed by atoms with Crippen LogP contribution in [-0.2, 0) is 11.3 Å². The molecule has 0 aliphatic carbocycles. The highest BCUT2D eigenvalue weighted by Crippen LogP contribution is 2.42. The quantitative estimate of drug-likeness (QED) is 0.509. The van der Waals surface area contributed by atoms with Crippen molar-refractivity contribution in [2.24, 2.45) is 0 Å². The zero-order valence-electron chi connectivity index (χ0n) is 14.4. The predicted molar refractivity (Wildman–Crippen MR) is 111 cm³/mol. The number of thiophene rings is 1. The van der Waals surface area contributed by atoms with E-state index < -0.39 is 0 Å². The molecule has 0 N–H and O–H groups in total. The van der Waals surface area contributed by atoms with E-state index in [2.05, 4.69) is 23.7 Å². The number of hydrogen-bond acceptors (Lipinski definition) is 3. The molecular formula is C21H16Cl2N2OS. The zero-order chi connectivity index (χ0) is 19.0. The van der Waals surface area contributed by atoms with Gasteiger partial charge in [-0.3, -0.25) is 9.78 Å². The van der Waals surface area contributed by atoms with Crippen molar-refractivity contribution in [1.82, 2.24) is 9.88 Å². The van der Waals surface area contributed by atoms with Gasteiger partial charge < -0.3 is 4.90 Å². The Balaban J connectivity index is 1.85. The molecule has 0 unspecified atom stereocenters. The molecule has 1 aromatic carbocycles. The fraction of sp³-hybridized carbons (Fsp3) is 0.143. The molecule has 6 heteroatoms. The molecule has 3 heterocycles. The van der Waals surface area contributed by atoms with Crippen LogP contribution in [0.25, 0.3) is 11.1 Å². The van der Waals surface area contributed by atoms with Gasteiger partial charge in [-0.1, -0.05) is 54.0 Å². The van der Waals surface area contributed by atoms with Crippen LogP contribution in [0.3, 0.4) is 0 Å². The van der Waals surface area contributed by atoms with E-state index in [1.807, 2.05) is 35.4 Å². The summed E-state index contributed by atoms with van der Waals surface area (Å²) >= 11 is 14.0. The maximum absolute atomic E-state index is 12.3.